The van der Waals surface area contributed by atoms with Gasteiger partial charge in [0.2, 0.25) is 0 Å². The SMILES string of the molecule is c1cn2cc(-c3ccc4cn[nH]c4c3)nc(Nc3ccc4ncsc4c3)c2n1. The normalized spacial score (nSPS) is 11.6. The molecule has 0 saturated carbocycles. The van der Waals surface area contributed by atoms with Crippen molar-refractivity contribution in [2.75, 3.05) is 5.32 Å². The van der Waals surface area contributed by atoms with E-state index in [9.17, 15) is 0 Å². The lowest BCUT2D eigenvalue weighted by atomic mass is 10.1. The van der Waals surface area contributed by atoms with E-state index in [1.54, 1.807) is 17.5 Å². The summed E-state index contributed by atoms with van der Waals surface area (Å²) in [7, 11) is 0. The molecule has 4 heterocycles. The summed E-state index contributed by atoms with van der Waals surface area (Å²) in [6.07, 6.45) is 7.49. The summed E-state index contributed by atoms with van der Waals surface area (Å²) in [6, 6.07) is 12.2. The Bertz CT molecular complexity index is 1460. The van der Waals surface area contributed by atoms with Crippen LogP contribution < -0.4 is 5.32 Å². The van der Waals surface area contributed by atoms with Crippen LogP contribution in [0.3, 0.4) is 0 Å². The smallest absolute Gasteiger partial charge is 0.180 e. The van der Waals surface area contributed by atoms with Crippen molar-refractivity contribution in [3.63, 3.8) is 0 Å². The highest BCUT2D eigenvalue weighted by atomic mass is 32.1. The number of rotatable bonds is 3. The van der Waals surface area contributed by atoms with Crippen LogP contribution in [0.25, 0.3) is 38.0 Å². The predicted octanol–water partition coefficient (Wildman–Crippen LogP) is 4.63. The van der Waals surface area contributed by atoms with Crippen molar-refractivity contribution < 1.29 is 0 Å². The van der Waals surface area contributed by atoms with E-state index in [0.29, 0.717) is 5.82 Å². The predicted molar refractivity (Wildman–Crippen MR) is 111 cm³/mol. The summed E-state index contributed by atoms with van der Waals surface area (Å²) in [4.78, 5) is 13.6. The molecule has 6 aromatic rings. The summed E-state index contributed by atoms with van der Waals surface area (Å²) < 4.78 is 3.11. The van der Waals surface area contributed by atoms with Gasteiger partial charge in [-0.3, -0.25) is 5.10 Å². The number of imidazole rings is 1. The van der Waals surface area contributed by atoms with E-state index < -0.39 is 0 Å². The standard InChI is InChI=1S/C20H13N7S/c1-2-13-9-23-26-16(13)7-12(1)17-10-27-6-5-21-20(27)19(25-17)24-14-3-4-15-18(8-14)28-11-22-15/h1-11H,(H,23,26)(H,24,25). The zero-order chi connectivity index (χ0) is 18.5. The van der Waals surface area contributed by atoms with Crippen molar-refractivity contribution in [2.45, 2.75) is 0 Å². The Morgan fingerprint density at radius 2 is 2.07 bits per heavy atom. The van der Waals surface area contributed by atoms with Crippen molar-refractivity contribution in [3.8, 4) is 11.3 Å². The maximum Gasteiger partial charge on any atom is 0.180 e. The summed E-state index contributed by atoms with van der Waals surface area (Å²) in [6.45, 7) is 0. The van der Waals surface area contributed by atoms with Gasteiger partial charge >= 0.3 is 0 Å². The van der Waals surface area contributed by atoms with Crippen molar-refractivity contribution >= 4 is 49.6 Å². The molecule has 2 aromatic carbocycles. The number of H-pyrrole nitrogens is 1. The Morgan fingerprint density at radius 3 is 3.07 bits per heavy atom. The summed E-state index contributed by atoms with van der Waals surface area (Å²) in [5.74, 6) is 0.705. The van der Waals surface area contributed by atoms with E-state index in [0.717, 1.165) is 43.7 Å². The molecule has 7 nitrogen and oxygen atoms in total. The molecule has 0 radical (unpaired) electrons. The van der Waals surface area contributed by atoms with Gasteiger partial charge in [-0.2, -0.15) is 5.10 Å². The minimum atomic E-state index is 0.705. The number of benzene rings is 2. The molecular weight excluding hydrogens is 370 g/mol. The third-order valence-corrected chi connectivity index (χ3v) is 5.50. The van der Waals surface area contributed by atoms with Gasteiger partial charge in [0.1, 0.15) is 0 Å². The van der Waals surface area contributed by atoms with Crippen LogP contribution in [-0.2, 0) is 0 Å². The molecule has 28 heavy (non-hydrogen) atoms. The largest absolute Gasteiger partial charge is 0.337 e. The van der Waals surface area contributed by atoms with Crippen molar-refractivity contribution in [2.24, 2.45) is 0 Å². The monoisotopic (exact) mass is 383 g/mol. The number of thiazole rings is 1. The molecule has 0 aliphatic rings. The second-order valence-corrected chi connectivity index (χ2v) is 7.35. The number of hydrogen-bond acceptors (Lipinski definition) is 6. The third kappa shape index (κ3) is 2.43. The fourth-order valence-electron chi connectivity index (χ4n) is 3.32. The Morgan fingerprint density at radius 1 is 1.07 bits per heavy atom. The first-order valence-corrected chi connectivity index (χ1v) is 9.59. The van der Waals surface area contributed by atoms with Gasteiger partial charge in [0, 0.05) is 35.2 Å². The van der Waals surface area contributed by atoms with Crippen LogP contribution in [0.1, 0.15) is 0 Å². The van der Waals surface area contributed by atoms with E-state index in [4.69, 9.17) is 4.98 Å². The molecule has 0 amide bonds. The van der Waals surface area contributed by atoms with E-state index in [1.807, 2.05) is 46.7 Å². The number of nitrogens with one attached hydrogen (secondary N) is 2. The first-order chi connectivity index (χ1) is 13.8. The minimum absolute atomic E-state index is 0.705. The van der Waals surface area contributed by atoms with Gasteiger partial charge in [0.25, 0.3) is 0 Å². The highest BCUT2D eigenvalue weighted by molar-refractivity contribution is 7.16. The lowest BCUT2D eigenvalue weighted by molar-refractivity contribution is 1.12. The molecule has 4 aromatic heterocycles. The maximum atomic E-state index is 4.86. The van der Waals surface area contributed by atoms with Crippen LogP contribution in [-0.4, -0.2) is 29.5 Å². The second kappa shape index (κ2) is 5.86. The summed E-state index contributed by atoms with van der Waals surface area (Å²) >= 11 is 1.62. The van der Waals surface area contributed by atoms with Crippen molar-refractivity contribution in [3.05, 3.63) is 66.7 Å². The van der Waals surface area contributed by atoms with Crippen LogP contribution in [0.15, 0.2) is 66.7 Å². The number of anilines is 2. The Labute approximate surface area is 162 Å². The molecular formula is C20H13N7S. The van der Waals surface area contributed by atoms with Gasteiger partial charge in [0.05, 0.1) is 33.1 Å². The quantitative estimate of drug-likeness (QED) is 0.466. The van der Waals surface area contributed by atoms with E-state index in [-0.39, 0.29) is 0 Å². The average Bonchev–Trinajstić information content (AvgIpc) is 3.46. The molecule has 0 bridgehead atoms. The minimum Gasteiger partial charge on any atom is -0.337 e. The van der Waals surface area contributed by atoms with Gasteiger partial charge in [0.15, 0.2) is 11.5 Å². The number of aromatic amines is 1. The van der Waals surface area contributed by atoms with Crippen LogP contribution in [0.4, 0.5) is 11.5 Å². The van der Waals surface area contributed by atoms with Gasteiger partial charge in [-0.05, 0) is 24.3 Å². The number of aromatic nitrogens is 6. The molecule has 0 spiro atoms. The van der Waals surface area contributed by atoms with Crippen LogP contribution >= 0.6 is 11.3 Å². The first kappa shape index (κ1) is 15.3. The van der Waals surface area contributed by atoms with E-state index in [2.05, 4.69) is 43.7 Å². The molecule has 6 rings (SSSR count). The second-order valence-electron chi connectivity index (χ2n) is 6.46. The highest BCUT2D eigenvalue weighted by Gasteiger charge is 2.11. The van der Waals surface area contributed by atoms with Gasteiger partial charge in [-0.1, -0.05) is 12.1 Å². The van der Waals surface area contributed by atoms with Crippen LogP contribution in [0.2, 0.25) is 0 Å². The zero-order valence-electron chi connectivity index (χ0n) is 14.5. The molecule has 0 aliphatic heterocycles. The van der Waals surface area contributed by atoms with E-state index >= 15 is 0 Å². The van der Waals surface area contributed by atoms with Gasteiger partial charge < -0.3 is 9.72 Å². The van der Waals surface area contributed by atoms with Crippen molar-refractivity contribution in [1.29, 1.82) is 0 Å². The molecule has 0 fully saturated rings. The number of hydrogen-bond donors (Lipinski definition) is 2. The Kier molecular flexibility index (Phi) is 3.20. The number of fused-ring (bicyclic) bond motifs is 3. The fraction of sp³-hybridized carbons (Fsp3) is 0. The molecule has 0 atom stereocenters. The fourth-order valence-corrected chi connectivity index (χ4v) is 4.04. The summed E-state index contributed by atoms with van der Waals surface area (Å²) in [5.41, 5.74) is 7.42. The molecule has 8 heteroatoms. The third-order valence-electron chi connectivity index (χ3n) is 4.71. The molecule has 0 aliphatic carbocycles. The molecule has 134 valence electrons. The number of nitrogens with zero attached hydrogens (tertiary/aromatic N) is 5. The van der Waals surface area contributed by atoms with Crippen LogP contribution in [0.5, 0.6) is 0 Å². The Hall–Kier alpha value is -3.78. The summed E-state index contributed by atoms with van der Waals surface area (Å²) in [5, 5.41) is 11.6. The molecule has 2 N–H and O–H groups in total. The topological polar surface area (TPSA) is 83.8 Å². The molecule has 0 saturated heterocycles. The first-order valence-electron chi connectivity index (χ1n) is 8.71. The maximum absolute atomic E-state index is 4.86. The lowest BCUT2D eigenvalue weighted by Gasteiger charge is -2.10. The van der Waals surface area contributed by atoms with Gasteiger partial charge in [-0.25, -0.2) is 15.0 Å². The van der Waals surface area contributed by atoms with Crippen LogP contribution in [0, 0.1) is 0 Å². The van der Waals surface area contributed by atoms with Crippen molar-refractivity contribution in [1.82, 2.24) is 29.5 Å². The lowest BCUT2D eigenvalue weighted by Crippen LogP contribution is -2.00. The Balaban J connectivity index is 1.48. The average molecular weight is 383 g/mol. The van der Waals surface area contributed by atoms with Gasteiger partial charge in [-0.15, -0.1) is 11.3 Å². The zero-order valence-corrected chi connectivity index (χ0v) is 15.3. The molecule has 0 unspecified atom stereocenters. The van der Waals surface area contributed by atoms with E-state index in [1.165, 1.54) is 0 Å². The highest BCUT2D eigenvalue weighted by Crippen LogP contribution is 2.28.